The fourth-order valence-corrected chi connectivity index (χ4v) is 4.71. The molecular formula is C23H30N4O3. The molecule has 1 aliphatic heterocycles. The van der Waals surface area contributed by atoms with Crippen LogP contribution in [0.4, 0.5) is 0 Å². The minimum absolute atomic E-state index is 0.0772. The fraction of sp³-hybridized carbons (Fsp3) is 0.522. The van der Waals surface area contributed by atoms with Gasteiger partial charge in [0.25, 0.3) is 0 Å². The van der Waals surface area contributed by atoms with Crippen molar-refractivity contribution in [3.05, 3.63) is 40.4 Å². The third kappa shape index (κ3) is 4.41. The Hall–Kier alpha value is -2.67. The third-order valence-electron chi connectivity index (χ3n) is 5.86. The number of piperidine rings is 1. The van der Waals surface area contributed by atoms with Crippen LogP contribution < -0.4 is 10.9 Å². The van der Waals surface area contributed by atoms with Crippen LogP contribution >= 0.6 is 0 Å². The van der Waals surface area contributed by atoms with Crippen molar-refractivity contribution in [1.29, 1.82) is 0 Å². The van der Waals surface area contributed by atoms with Crippen molar-refractivity contribution in [1.82, 2.24) is 20.0 Å². The second-order valence-electron chi connectivity index (χ2n) is 8.86. The maximum atomic E-state index is 12.5. The van der Waals surface area contributed by atoms with E-state index in [2.05, 4.69) is 29.2 Å². The topological polar surface area (TPSA) is 80.4 Å². The van der Waals surface area contributed by atoms with Crippen LogP contribution in [-0.4, -0.2) is 46.8 Å². The van der Waals surface area contributed by atoms with Crippen molar-refractivity contribution in [3.63, 3.8) is 0 Å². The van der Waals surface area contributed by atoms with Crippen molar-refractivity contribution >= 4 is 27.8 Å². The van der Waals surface area contributed by atoms with Gasteiger partial charge in [0.15, 0.2) is 0 Å². The molecule has 2 aromatic heterocycles. The number of amides is 1. The van der Waals surface area contributed by atoms with E-state index in [1.54, 1.807) is 10.7 Å². The van der Waals surface area contributed by atoms with Crippen LogP contribution in [0.3, 0.4) is 0 Å². The first kappa shape index (κ1) is 20.6. The van der Waals surface area contributed by atoms with Crippen molar-refractivity contribution in [2.24, 2.45) is 11.8 Å². The van der Waals surface area contributed by atoms with Gasteiger partial charge in [-0.1, -0.05) is 25.5 Å². The van der Waals surface area contributed by atoms with E-state index in [4.69, 9.17) is 4.42 Å². The molecule has 0 saturated carbocycles. The molecule has 160 valence electrons. The van der Waals surface area contributed by atoms with Gasteiger partial charge in [0, 0.05) is 25.0 Å². The largest absolute Gasteiger partial charge is 0.422 e. The third-order valence-corrected chi connectivity index (χ3v) is 5.86. The Bertz CT molecular complexity index is 1110. The molecule has 1 N–H and O–H groups in total. The Morgan fingerprint density at radius 1 is 1.23 bits per heavy atom. The van der Waals surface area contributed by atoms with Gasteiger partial charge in [-0.25, -0.2) is 4.79 Å². The van der Waals surface area contributed by atoms with E-state index in [-0.39, 0.29) is 12.5 Å². The van der Waals surface area contributed by atoms with Crippen molar-refractivity contribution < 1.29 is 9.21 Å². The predicted octanol–water partition coefficient (Wildman–Crippen LogP) is 2.94. The summed E-state index contributed by atoms with van der Waals surface area (Å²) in [6, 6.07) is 5.64. The van der Waals surface area contributed by atoms with E-state index in [0.29, 0.717) is 23.0 Å². The first-order valence-electron chi connectivity index (χ1n) is 10.8. The number of benzene rings is 1. The smallest absolute Gasteiger partial charge is 0.347 e. The molecule has 1 aliphatic rings. The Balaban J connectivity index is 1.39. The lowest BCUT2D eigenvalue weighted by Gasteiger charge is -2.34. The first-order chi connectivity index (χ1) is 14.4. The van der Waals surface area contributed by atoms with Gasteiger partial charge < -0.3 is 14.6 Å². The molecule has 3 heterocycles. The Morgan fingerprint density at radius 2 is 2.00 bits per heavy atom. The van der Waals surface area contributed by atoms with Crippen molar-refractivity contribution in [3.8, 4) is 0 Å². The number of rotatable bonds is 6. The van der Waals surface area contributed by atoms with Gasteiger partial charge in [0.2, 0.25) is 5.91 Å². The molecule has 3 aromatic rings. The predicted molar refractivity (Wildman–Crippen MR) is 118 cm³/mol. The summed E-state index contributed by atoms with van der Waals surface area (Å²) in [7, 11) is 0. The maximum absolute atomic E-state index is 12.5. The standard InChI is InChI=1S/C23H30N4O3/c1-15-5-6-20-18(10-15)22-19(23(29)30-20)11-25-27(22)14-21(28)24-7-4-8-26-12-16(2)9-17(3)13-26/h5-6,10-11,16-17H,4,7-9,12-14H2,1-3H3,(H,24,28). The molecule has 4 rings (SSSR count). The molecule has 0 spiro atoms. The lowest BCUT2D eigenvalue weighted by molar-refractivity contribution is -0.121. The second-order valence-corrected chi connectivity index (χ2v) is 8.86. The van der Waals surface area contributed by atoms with Gasteiger partial charge in [-0.3, -0.25) is 9.48 Å². The average molecular weight is 411 g/mol. The van der Waals surface area contributed by atoms with Crippen LogP contribution in [0.15, 0.2) is 33.6 Å². The summed E-state index contributed by atoms with van der Waals surface area (Å²) in [5.74, 6) is 1.38. The minimum atomic E-state index is -0.432. The van der Waals surface area contributed by atoms with Gasteiger partial charge in [0.1, 0.15) is 17.5 Å². The lowest BCUT2D eigenvalue weighted by Crippen LogP contribution is -2.40. The highest BCUT2D eigenvalue weighted by atomic mass is 16.4. The van der Waals surface area contributed by atoms with E-state index in [0.717, 1.165) is 48.8 Å². The Morgan fingerprint density at radius 3 is 2.77 bits per heavy atom. The summed E-state index contributed by atoms with van der Waals surface area (Å²) in [6.45, 7) is 10.6. The zero-order valence-electron chi connectivity index (χ0n) is 18.0. The van der Waals surface area contributed by atoms with Gasteiger partial charge >= 0.3 is 5.63 Å². The van der Waals surface area contributed by atoms with E-state index >= 15 is 0 Å². The summed E-state index contributed by atoms with van der Waals surface area (Å²) in [4.78, 5) is 27.3. The van der Waals surface area contributed by atoms with Gasteiger partial charge in [-0.15, -0.1) is 0 Å². The summed E-state index contributed by atoms with van der Waals surface area (Å²) in [5, 5.41) is 8.47. The second kappa shape index (κ2) is 8.60. The highest BCUT2D eigenvalue weighted by Crippen LogP contribution is 2.24. The lowest BCUT2D eigenvalue weighted by atomic mass is 9.92. The number of aryl methyl sites for hydroxylation is 1. The molecule has 7 nitrogen and oxygen atoms in total. The van der Waals surface area contributed by atoms with E-state index < -0.39 is 5.63 Å². The summed E-state index contributed by atoms with van der Waals surface area (Å²) >= 11 is 0. The fourth-order valence-electron chi connectivity index (χ4n) is 4.71. The number of nitrogens with zero attached hydrogens (tertiary/aromatic N) is 3. The summed E-state index contributed by atoms with van der Waals surface area (Å²) in [5.41, 5.74) is 1.77. The van der Waals surface area contributed by atoms with Crippen LogP contribution in [-0.2, 0) is 11.3 Å². The van der Waals surface area contributed by atoms with Crippen molar-refractivity contribution in [2.45, 2.75) is 40.2 Å². The van der Waals surface area contributed by atoms with E-state index in [1.165, 1.54) is 12.6 Å². The normalized spacial score (nSPS) is 20.1. The quantitative estimate of drug-likeness (QED) is 0.499. The van der Waals surface area contributed by atoms with Crippen LogP contribution in [0, 0.1) is 18.8 Å². The average Bonchev–Trinajstić information content (AvgIpc) is 3.10. The SMILES string of the molecule is Cc1ccc2oc(=O)c3cnn(CC(=O)NCCCN4CC(C)CC(C)C4)c3c2c1. The molecule has 2 unspecified atom stereocenters. The number of carbonyl (C=O) groups is 1. The number of nitrogens with one attached hydrogen (secondary N) is 1. The van der Waals surface area contributed by atoms with Crippen LogP contribution in [0.2, 0.25) is 0 Å². The highest BCUT2D eigenvalue weighted by molar-refractivity contribution is 6.02. The molecule has 30 heavy (non-hydrogen) atoms. The van der Waals surface area contributed by atoms with Gasteiger partial charge in [-0.2, -0.15) is 5.10 Å². The van der Waals surface area contributed by atoms with Gasteiger partial charge in [0.05, 0.1) is 11.7 Å². The zero-order chi connectivity index (χ0) is 21.3. The molecule has 1 saturated heterocycles. The number of aromatic nitrogens is 2. The molecule has 2 atom stereocenters. The summed E-state index contributed by atoms with van der Waals surface area (Å²) in [6.07, 6.45) is 3.71. The Labute approximate surface area is 176 Å². The van der Waals surface area contributed by atoms with E-state index in [9.17, 15) is 9.59 Å². The van der Waals surface area contributed by atoms with Crippen LogP contribution in [0.1, 0.15) is 32.3 Å². The molecule has 0 radical (unpaired) electrons. The molecule has 0 bridgehead atoms. The molecular weight excluding hydrogens is 380 g/mol. The number of fused-ring (bicyclic) bond motifs is 3. The molecule has 7 heteroatoms. The molecule has 1 amide bonds. The number of hydrogen-bond acceptors (Lipinski definition) is 5. The number of carbonyl (C=O) groups excluding carboxylic acids is 1. The highest BCUT2D eigenvalue weighted by Gasteiger charge is 2.21. The zero-order valence-corrected chi connectivity index (χ0v) is 18.0. The number of hydrogen-bond donors (Lipinski definition) is 1. The van der Waals surface area contributed by atoms with Gasteiger partial charge in [-0.05, 0) is 50.3 Å². The monoisotopic (exact) mass is 410 g/mol. The maximum Gasteiger partial charge on any atom is 0.347 e. The van der Waals surface area contributed by atoms with Crippen molar-refractivity contribution in [2.75, 3.05) is 26.2 Å². The minimum Gasteiger partial charge on any atom is -0.422 e. The Kier molecular flexibility index (Phi) is 5.90. The molecule has 0 aliphatic carbocycles. The molecule has 1 aromatic carbocycles. The first-order valence-corrected chi connectivity index (χ1v) is 10.8. The van der Waals surface area contributed by atoms with Crippen LogP contribution in [0.5, 0.6) is 0 Å². The van der Waals surface area contributed by atoms with Crippen LogP contribution in [0.25, 0.3) is 21.9 Å². The van der Waals surface area contributed by atoms with E-state index in [1.807, 2.05) is 19.1 Å². The molecule has 1 fully saturated rings. The number of likely N-dealkylation sites (tertiary alicyclic amines) is 1. The summed E-state index contributed by atoms with van der Waals surface area (Å²) < 4.78 is 6.98.